The van der Waals surface area contributed by atoms with Crippen molar-refractivity contribution < 1.29 is 9.53 Å². The second-order valence-electron chi connectivity index (χ2n) is 7.22. The molecule has 3 rings (SSSR count). The number of urea groups is 1. The van der Waals surface area contributed by atoms with Gasteiger partial charge in [0.1, 0.15) is 0 Å². The Morgan fingerprint density at radius 2 is 1.96 bits per heavy atom. The quantitative estimate of drug-likeness (QED) is 0.904. The summed E-state index contributed by atoms with van der Waals surface area (Å²) in [6, 6.07) is 10.9. The average molecular weight is 316 g/mol. The molecule has 0 aromatic heterocycles. The SMILES string of the molecule is CC(C)COC1CCN(C(=O)NC2CC2c2ccccc2)CC1. The summed E-state index contributed by atoms with van der Waals surface area (Å²) in [5.41, 5.74) is 1.33. The third-order valence-corrected chi connectivity index (χ3v) is 4.72. The van der Waals surface area contributed by atoms with E-state index in [4.69, 9.17) is 4.74 Å². The maximum Gasteiger partial charge on any atom is 0.317 e. The van der Waals surface area contributed by atoms with Crippen molar-refractivity contribution in [1.82, 2.24) is 10.2 Å². The minimum absolute atomic E-state index is 0.0933. The summed E-state index contributed by atoms with van der Waals surface area (Å²) in [4.78, 5) is 14.3. The summed E-state index contributed by atoms with van der Waals surface area (Å²) in [6.07, 6.45) is 3.28. The molecule has 2 atom stereocenters. The van der Waals surface area contributed by atoms with Crippen LogP contribution in [0, 0.1) is 5.92 Å². The first-order chi connectivity index (χ1) is 11.1. The van der Waals surface area contributed by atoms with Crippen LogP contribution in [0.25, 0.3) is 0 Å². The summed E-state index contributed by atoms with van der Waals surface area (Å²) < 4.78 is 5.88. The van der Waals surface area contributed by atoms with Crippen LogP contribution in [0.2, 0.25) is 0 Å². The zero-order chi connectivity index (χ0) is 16.2. The Bertz CT molecular complexity index is 509. The first kappa shape index (κ1) is 16.3. The van der Waals surface area contributed by atoms with E-state index in [0.717, 1.165) is 39.0 Å². The first-order valence-corrected chi connectivity index (χ1v) is 8.85. The molecule has 1 saturated heterocycles. The molecule has 1 aromatic carbocycles. The van der Waals surface area contributed by atoms with E-state index in [-0.39, 0.29) is 6.03 Å². The molecule has 0 spiro atoms. The molecule has 2 aliphatic rings. The highest BCUT2D eigenvalue weighted by atomic mass is 16.5. The molecule has 0 bridgehead atoms. The van der Waals surface area contributed by atoms with Crippen LogP contribution in [0.15, 0.2) is 30.3 Å². The van der Waals surface area contributed by atoms with Crippen LogP contribution >= 0.6 is 0 Å². The lowest BCUT2D eigenvalue weighted by atomic mass is 10.1. The number of rotatable bonds is 5. The molecular formula is C19H28N2O2. The predicted molar refractivity (Wildman–Crippen MR) is 91.5 cm³/mol. The number of carbonyl (C=O) groups excluding carboxylic acids is 1. The first-order valence-electron chi connectivity index (χ1n) is 8.85. The summed E-state index contributed by atoms with van der Waals surface area (Å²) in [6.45, 7) is 6.76. The van der Waals surface area contributed by atoms with Crippen LogP contribution in [-0.4, -0.2) is 42.8 Å². The highest BCUT2D eigenvalue weighted by Crippen LogP contribution is 2.40. The molecule has 1 aliphatic carbocycles. The third kappa shape index (κ3) is 4.47. The van der Waals surface area contributed by atoms with E-state index in [9.17, 15) is 4.79 Å². The summed E-state index contributed by atoms with van der Waals surface area (Å²) in [5.74, 6) is 1.06. The number of hydrogen-bond donors (Lipinski definition) is 1. The van der Waals surface area contributed by atoms with Crippen LogP contribution in [0.3, 0.4) is 0 Å². The van der Waals surface area contributed by atoms with Gasteiger partial charge in [-0.2, -0.15) is 0 Å². The molecule has 1 saturated carbocycles. The number of hydrogen-bond acceptors (Lipinski definition) is 2. The normalized spacial score (nSPS) is 24.7. The van der Waals surface area contributed by atoms with E-state index in [0.29, 0.717) is 24.0 Å². The monoisotopic (exact) mass is 316 g/mol. The number of piperidine rings is 1. The highest BCUT2D eigenvalue weighted by Gasteiger charge is 2.40. The molecule has 4 heteroatoms. The van der Waals surface area contributed by atoms with Crippen molar-refractivity contribution in [2.45, 2.75) is 51.2 Å². The molecule has 23 heavy (non-hydrogen) atoms. The zero-order valence-corrected chi connectivity index (χ0v) is 14.2. The highest BCUT2D eigenvalue weighted by molar-refractivity contribution is 5.75. The Hall–Kier alpha value is -1.55. The second-order valence-corrected chi connectivity index (χ2v) is 7.22. The molecule has 2 amide bonds. The maximum absolute atomic E-state index is 12.4. The Morgan fingerprint density at radius 3 is 2.61 bits per heavy atom. The topological polar surface area (TPSA) is 41.6 Å². The lowest BCUT2D eigenvalue weighted by Crippen LogP contribution is -2.46. The van der Waals surface area contributed by atoms with Gasteiger partial charge in [0.2, 0.25) is 0 Å². The predicted octanol–water partition coefficient (Wildman–Crippen LogP) is 3.39. The number of nitrogens with zero attached hydrogens (tertiary/aromatic N) is 1. The fraction of sp³-hybridized carbons (Fsp3) is 0.632. The molecule has 2 unspecified atom stereocenters. The number of nitrogens with one attached hydrogen (secondary N) is 1. The van der Waals surface area contributed by atoms with Gasteiger partial charge in [-0.1, -0.05) is 44.2 Å². The van der Waals surface area contributed by atoms with E-state index in [1.807, 2.05) is 11.0 Å². The second kappa shape index (κ2) is 7.35. The molecule has 1 heterocycles. The van der Waals surface area contributed by atoms with Gasteiger partial charge in [-0.15, -0.1) is 0 Å². The number of ether oxygens (including phenoxy) is 1. The average Bonchev–Trinajstić information content (AvgIpc) is 3.33. The molecule has 1 N–H and O–H groups in total. The standard InChI is InChI=1S/C19H28N2O2/c1-14(2)13-23-16-8-10-21(11-9-16)19(22)20-18-12-17(18)15-6-4-3-5-7-15/h3-7,14,16-18H,8-13H2,1-2H3,(H,20,22). The largest absolute Gasteiger partial charge is 0.378 e. The van der Waals surface area contributed by atoms with E-state index >= 15 is 0 Å². The van der Waals surface area contributed by atoms with Crippen LogP contribution < -0.4 is 5.32 Å². The van der Waals surface area contributed by atoms with Crippen LogP contribution in [-0.2, 0) is 4.74 Å². The van der Waals surface area contributed by atoms with Gasteiger partial charge < -0.3 is 15.0 Å². The van der Waals surface area contributed by atoms with Gasteiger partial charge in [0, 0.05) is 31.7 Å². The van der Waals surface area contributed by atoms with Crippen LogP contribution in [0.4, 0.5) is 4.79 Å². The fourth-order valence-corrected chi connectivity index (χ4v) is 3.23. The van der Waals surface area contributed by atoms with Crippen molar-refractivity contribution in [3.63, 3.8) is 0 Å². The lowest BCUT2D eigenvalue weighted by molar-refractivity contribution is 0.00210. The van der Waals surface area contributed by atoms with Gasteiger partial charge in [0.25, 0.3) is 0 Å². The van der Waals surface area contributed by atoms with E-state index in [1.165, 1.54) is 5.56 Å². The summed E-state index contributed by atoms with van der Waals surface area (Å²) >= 11 is 0. The van der Waals surface area contributed by atoms with Gasteiger partial charge in [0.05, 0.1) is 6.10 Å². The smallest absolute Gasteiger partial charge is 0.317 e. The Labute approximate surface area is 139 Å². The fourth-order valence-electron chi connectivity index (χ4n) is 3.23. The molecular weight excluding hydrogens is 288 g/mol. The maximum atomic E-state index is 12.4. The molecule has 2 fully saturated rings. The van der Waals surface area contributed by atoms with Gasteiger partial charge in [-0.3, -0.25) is 0 Å². The third-order valence-electron chi connectivity index (χ3n) is 4.72. The minimum Gasteiger partial charge on any atom is -0.378 e. The zero-order valence-electron chi connectivity index (χ0n) is 14.2. The number of benzene rings is 1. The van der Waals surface area contributed by atoms with E-state index in [2.05, 4.69) is 43.4 Å². The number of amides is 2. The molecule has 0 radical (unpaired) electrons. The lowest BCUT2D eigenvalue weighted by Gasteiger charge is -2.32. The van der Waals surface area contributed by atoms with Gasteiger partial charge in [-0.25, -0.2) is 4.79 Å². The molecule has 1 aliphatic heterocycles. The van der Waals surface area contributed by atoms with Crippen LogP contribution in [0.5, 0.6) is 0 Å². The van der Waals surface area contributed by atoms with Gasteiger partial charge >= 0.3 is 6.03 Å². The van der Waals surface area contributed by atoms with Crippen molar-refractivity contribution >= 4 is 6.03 Å². The molecule has 1 aromatic rings. The number of carbonyl (C=O) groups is 1. The van der Waals surface area contributed by atoms with Crippen molar-refractivity contribution in [1.29, 1.82) is 0 Å². The van der Waals surface area contributed by atoms with Gasteiger partial charge in [0.15, 0.2) is 0 Å². The van der Waals surface area contributed by atoms with Crippen molar-refractivity contribution in [3.05, 3.63) is 35.9 Å². The minimum atomic E-state index is 0.0933. The summed E-state index contributed by atoms with van der Waals surface area (Å²) in [7, 11) is 0. The van der Waals surface area contributed by atoms with Crippen LogP contribution in [0.1, 0.15) is 44.6 Å². The van der Waals surface area contributed by atoms with E-state index < -0.39 is 0 Å². The van der Waals surface area contributed by atoms with E-state index in [1.54, 1.807) is 0 Å². The van der Waals surface area contributed by atoms with Crippen molar-refractivity contribution in [2.75, 3.05) is 19.7 Å². The van der Waals surface area contributed by atoms with Gasteiger partial charge in [-0.05, 0) is 30.7 Å². The Morgan fingerprint density at radius 1 is 1.26 bits per heavy atom. The Kier molecular flexibility index (Phi) is 5.21. The molecule has 126 valence electrons. The van der Waals surface area contributed by atoms with Crippen molar-refractivity contribution in [3.8, 4) is 0 Å². The summed E-state index contributed by atoms with van der Waals surface area (Å²) in [5, 5.41) is 3.18. The number of likely N-dealkylation sites (tertiary alicyclic amines) is 1. The molecule has 4 nitrogen and oxygen atoms in total. The van der Waals surface area contributed by atoms with Crippen molar-refractivity contribution in [2.24, 2.45) is 5.92 Å². The Balaban J connectivity index is 1.39.